The van der Waals surface area contributed by atoms with Gasteiger partial charge < -0.3 is 5.32 Å². The van der Waals surface area contributed by atoms with Crippen LogP contribution in [-0.2, 0) is 0 Å². The predicted octanol–water partition coefficient (Wildman–Crippen LogP) is 4.50. The van der Waals surface area contributed by atoms with Gasteiger partial charge in [-0.3, -0.25) is 9.78 Å². The molecule has 0 aliphatic rings. The smallest absolute Gasteiger partial charge is 0.256 e. The largest absolute Gasteiger partial charge is 0.306 e. The highest BCUT2D eigenvalue weighted by atomic mass is 16.1. The van der Waals surface area contributed by atoms with Crippen molar-refractivity contribution in [3.05, 3.63) is 96.3 Å². The van der Waals surface area contributed by atoms with Gasteiger partial charge in [0.25, 0.3) is 5.91 Å². The maximum Gasteiger partial charge on any atom is 0.256 e. The first-order valence-corrected chi connectivity index (χ1v) is 8.64. The molecule has 0 saturated carbocycles. The Bertz CT molecular complexity index is 1050. The fourth-order valence-electron chi connectivity index (χ4n) is 2.78. The molecule has 27 heavy (non-hydrogen) atoms. The number of carbonyl (C=O) groups is 1. The molecule has 1 N–H and O–H groups in total. The summed E-state index contributed by atoms with van der Waals surface area (Å²) in [5.74, 6) is 0.426. The van der Waals surface area contributed by atoms with Gasteiger partial charge in [-0.1, -0.05) is 35.9 Å². The summed E-state index contributed by atoms with van der Waals surface area (Å²) in [5.41, 5.74) is 4.21. The third-order valence-corrected chi connectivity index (χ3v) is 4.22. The molecule has 2 aromatic heterocycles. The van der Waals surface area contributed by atoms with Crippen molar-refractivity contribution >= 4 is 11.7 Å². The van der Waals surface area contributed by atoms with Gasteiger partial charge in [-0.25, -0.2) is 4.68 Å². The first-order chi connectivity index (χ1) is 13.2. The highest BCUT2D eigenvalue weighted by molar-refractivity contribution is 6.04. The molecule has 5 heteroatoms. The average molecular weight is 354 g/mol. The van der Waals surface area contributed by atoms with Crippen LogP contribution in [0.3, 0.4) is 0 Å². The van der Waals surface area contributed by atoms with Crippen LogP contribution >= 0.6 is 0 Å². The first-order valence-electron chi connectivity index (χ1n) is 8.64. The van der Waals surface area contributed by atoms with Crippen molar-refractivity contribution in [1.82, 2.24) is 14.8 Å². The van der Waals surface area contributed by atoms with Crippen LogP contribution in [0.1, 0.15) is 15.9 Å². The van der Waals surface area contributed by atoms with E-state index in [0.717, 1.165) is 22.5 Å². The molecule has 4 rings (SSSR count). The molecule has 132 valence electrons. The molecule has 0 spiro atoms. The number of aryl methyl sites for hydroxylation is 1. The minimum absolute atomic E-state index is 0.176. The highest BCUT2D eigenvalue weighted by Crippen LogP contribution is 2.24. The maximum absolute atomic E-state index is 12.7. The van der Waals surface area contributed by atoms with Crippen LogP contribution in [-0.4, -0.2) is 20.7 Å². The number of anilines is 1. The zero-order chi connectivity index (χ0) is 18.6. The van der Waals surface area contributed by atoms with Crippen LogP contribution in [0.4, 0.5) is 5.82 Å². The van der Waals surface area contributed by atoms with Crippen LogP contribution in [0.2, 0.25) is 0 Å². The quantitative estimate of drug-likeness (QED) is 0.587. The fraction of sp³-hybridized carbons (Fsp3) is 0.0455. The number of carbonyl (C=O) groups excluding carboxylic acids is 1. The summed E-state index contributed by atoms with van der Waals surface area (Å²) in [6, 6.07) is 22.8. The van der Waals surface area contributed by atoms with Gasteiger partial charge in [0.2, 0.25) is 0 Å². The minimum Gasteiger partial charge on any atom is -0.306 e. The number of benzene rings is 2. The molecule has 0 saturated heterocycles. The van der Waals surface area contributed by atoms with Crippen molar-refractivity contribution < 1.29 is 4.79 Å². The van der Waals surface area contributed by atoms with Crippen LogP contribution in [0.5, 0.6) is 0 Å². The number of pyridine rings is 1. The van der Waals surface area contributed by atoms with Gasteiger partial charge in [-0.05, 0) is 43.3 Å². The number of hydrogen-bond acceptors (Lipinski definition) is 3. The predicted molar refractivity (Wildman–Crippen MR) is 106 cm³/mol. The summed E-state index contributed by atoms with van der Waals surface area (Å²) in [7, 11) is 0. The molecule has 0 unspecified atom stereocenters. The molecule has 0 radical (unpaired) electrons. The van der Waals surface area contributed by atoms with E-state index in [9.17, 15) is 4.79 Å². The Hall–Kier alpha value is -3.73. The van der Waals surface area contributed by atoms with E-state index in [1.54, 1.807) is 17.1 Å². The van der Waals surface area contributed by atoms with Crippen molar-refractivity contribution in [3.8, 4) is 16.9 Å². The topological polar surface area (TPSA) is 59.8 Å². The van der Waals surface area contributed by atoms with Crippen molar-refractivity contribution in [1.29, 1.82) is 0 Å². The molecule has 2 heterocycles. The number of nitrogens with one attached hydrogen (secondary N) is 1. The molecule has 0 atom stereocenters. The highest BCUT2D eigenvalue weighted by Gasteiger charge is 2.14. The second-order valence-corrected chi connectivity index (χ2v) is 6.22. The molecule has 0 fully saturated rings. The Labute approximate surface area is 157 Å². The monoisotopic (exact) mass is 354 g/mol. The molecule has 1 amide bonds. The van der Waals surface area contributed by atoms with Crippen LogP contribution in [0.25, 0.3) is 16.9 Å². The molecule has 0 aliphatic carbocycles. The number of nitrogens with zero attached hydrogens (tertiary/aromatic N) is 3. The Kier molecular flexibility index (Phi) is 4.49. The number of amides is 1. The SMILES string of the molecule is Cc1ccc(C(=O)Nc2cc(-c3cccnc3)nn2-c2ccccc2)cc1. The maximum atomic E-state index is 12.7. The van der Waals surface area contributed by atoms with E-state index < -0.39 is 0 Å². The molecular weight excluding hydrogens is 336 g/mol. The van der Waals surface area contributed by atoms with Gasteiger partial charge in [0, 0.05) is 29.6 Å². The zero-order valence-corrected chi connectivity index (χ0v) is 14.8. The van der Waals surface area contributed by atoms with Crippen LogP contribution in [0.15, 0.2) is 85.2 Å². The van der Waals surface area contributed by atoms with Gasteiger partial charge in [0.15, 0.2) is 0 Å². The summed E-state index contributed by atoms with van der Waals surface area (Å²) >= 11 is 0. The average Bonchev–Trinajstić information content (AvgIpc) is 3.13. The van der Waals surface area contributed by atoms with Gasteiger partial charge in [0.1, 0.15) is 5.82 Å². The Morgan fingerprint density at radius 3 is 2.44 bits per heavy atom. The molecule has 0 aliphatic heterocycles. The molecule has 4 aromatic rings. The van der Waals surface area contributed by atoms with E-state index in [1.807, 2.05) is 79.7 Å². The summed E-state index contributed by atoms with van der Waals surface area (Å²) in [6.45, 7) is 1.99. The number of rotatable bonds is 4. The third kappa shape index (κ3) is 3.62. The van der Waals surface area contributed by atoms with E-state index in [2.05, 4.69) is 15.4 Å². The Morgan fingerprint density at radius 1 is 0.963 bits per heavy atom. The van der Waals surface area contributed by atoms with Crippen molar-refractivity contribution in [2.45, 2.75) is 6.92 Å². The molecular formula is C22H18N4O. The lowest BCUT2D eigenvalue weighted by molar-refractivity contribution is 0.102. The van der Waals surface area contributed by atoms with Crippen molar-refractivity contribution in [3.63, 3.8) is 0 Å². The zero-order valence-electron chi connectivity index (χ0n) is 14.8. The summed E-state index contributed by atoms with van der Waals surface area (Å²) in [5, 5.41) is 7.65. The van der Waals surface area contributed by atoms with E-state index in [0.29, 0.717) is 11.4 Å². The Balaban J connectivity index is 1.73. The molecule has 0 bridgehead atoms. The van der Waals surface area contributed by atoms with E-state index in [4.69, 9.17) is 0 Å². The second-order valence-electron chi connectivity index (χ2n) is 6.22. The van der Waals surface area contributed by atoms with Crippen LogP contribution < -0.4 is 5.32 Å². The lowest BCUT2D eigenvalue weighted by atomic mass is 10.1. The lowest BCUT2D eigenvalue weighted by Crippen LogP contribution is -2.15. The normalized spacial score (nSPS) is 10.6. The first kappa shape index (κ1) is 16.7. The molecule has 2 aromatic carbocycles. The van der Waals surface area contributed by atoms with Gasteiger partial charge in [-0.15, -0.1) is 0 Å². The van der Waals surface area contributed by atoms with Gasteiger partial charge in [-0.2, -0.15) is 5.10 Å². The number of hydrogen-bond donors (Lipinski definition) is 1. The summed E-state index contributed by atoms with van der Waals surface area (Å²) in [6.07, 6.45) is 3.47. The lowest BCUT2D eigenvalue weighted by Gasteiger charge is -2.09. The minimum atomic E-state index is -0.176. The van der Waals surface area contributed by atoms with Gasteiger partial charge >= 0.3 is 0 Å². The van der Waals surface area contributed by atoms with E-state index >= 15 is 0 Å². The second kappa shape index (κ2) is 7.25. The summed E-state index contributed by atoms with van der Waals surface area (Å²) < 4.78 is 1.73. The Morgan fingerprint density at radius 2 is 1.74 bits per heavy atom. The van der Waals surface area contributed by atoms with Crippen molar-refractivity contribution in [2.75, 3.05) is 5.32 Å². The van der Waals surface area contributed by atoms with E-state index in [1.165, 1.54) is 0 Å². The summed E-state index contributed by atoms with van der Waals surface area (Å²) in [4.78, 5) is 16.8. The molecule has 5 nitrogen and oxygen atoms in total. The number of aromatic nitrogens is 3. The van der Waals surface area contributed by atoms with E-state index in [-0.39, 0.29) is 5.91 Å². The van der Waals surface area contributed by atoms with Crippen LogP contribution in [0, 0.1) is 6.92 Å². The van der Waals surface area contributed by atoms with Gasteiger partial charge in [0.05, 0.1) is 11.4 Å². The number of para-hydroxylation sites is 1. The van der Waals surface area contributed by atoms with Crippen molar-refractivity contribution in [2.24, 2.45) is 0 Å². The third-order valence-electron chi connectivity index (χ3n) is 4.22. The fourth-order valence-corrected chi connectivity index (χ4v) is 2.78. The standard InChI is InChI=1S/C22H18N4O/c1-16-9-11-17(12-10-16)22(27)24-21-14-20(18-6-5-13-23-15-18)25-26(21)19-7-3-2-4-8-19/h2-15H,1H3,(H,24,27).